The van der Waals surface area contributed by atoms with E-state index in [1.807, 2.05) is 0 Å². The smallest absolute Gasteiger partial charge is 0.305 e. The van der Waals surface area contributed by atoms with Gasteiger partial charge in [0, 0.05) is 12.8 Å². The van der Waals surface area contributed by atoms with Crippen LogP contribution in [0.25, 0.3) is 0 Å². The Morgan fingerprint density at radius 3 is 2.09 bits per heavy atom. The fraction of sp³-hybridized carbons (Fsp3) is 0.882. The lowest BCUT2D eigenvalue weighted by molar-refractivity contribution is -0.147. The Morgan fingerprint density at radius 2 is 1.50 bits per heavy atom. The number of aliphatic carboxylic acids is 1. The number of unbranched alkanes of at least 4 members (excludes halogenated alkanes) is 7. The maximum Gasteiger partial charge on any atom is 0.305 e. The van der Waals surface area contributed by atoms with Crippen molar-refractivity contribution >= 4 is 11.9 Å². The lowest BCUT2D eigenvalue weighted by Gasteiger charge is -2.11. The minimum atomic E-state index is -0.914. The van der Waals surface area contributed by atoms with Gasteiger partial charge in [0.15, 0.2) is 0 Å². The van der Waals surface area contributed by atoms with E-state index >= 15 is 0 Å². The summed E-state index contributed by atoms with van der Waals surface area (Å²) in [7, 11) is 0. The topological polar surface area (TPSA) is 83.8 Å². The molecule has 130 valence electrons. The molecule has 0 bridgehead atoms. The van der Waals surface area contributed by atoms with Crippen LogP contribution >= 0.6 is 0 Å². The number of aliphatic hydroxyl groups excluding tert-OH is 1. The Kier molecular flexibility index (Phi) is 14.1. The molecule has 0 aromatic carbocycles. The van der Waals surface area contributed by atoms with Crippen LogP contribution in [0.15, 0.2) is 0 Å². The molecule has 0 saturated carbocycles. The van der Waals surface area contributed by atoms with Crippen molar-refractivity contribution in [3.63, 3.8) is 0 Å². The Bertz CT molecular complexity index is 291. The van der Waals surface area contributed by atoms with Gasteiger partial charge in [0.25, 0.3) is 0 Å². The van der Waals surface area contributed by atoms with E-state index in [0.29, 0.717) is 6.42 Å². The second-order valence-corrected chi connectivity index (χ2v) is 5.85. The van der Waals surface area contributed by atoms with E-state index in [1.165, 1.54) is 38.5 Å². The van der Waals surface area contributed by atoms with Crippen LogP contribution < -0.4 is 0 Å². The first-order valence-corrected chi connectivity index (χ1v) is 8.61. The van der Waals surface area contributed by atoms with Gasteiger partial charge in [-0.15, -0.1) is 0 Å². The normalized spacial score (nSPS) is 12.1. The number of hydrogen-bond donors (Lipinski definition) is 2. The Hall–Kier alpha value is -1.10. The maximum atomic E-state index is 11.3. The highest BCUT2D eigenvalue weighted by molar-refractivity contribution is 5.71. The zero-order valence-corrected chi connectivity index (χ0v) is 13.9. The first-order chi connectivity index (χ1) is 10.6. The standard InChI is InChI=1S/C17H32O5/c1-2-3-4-5-6-7-8-9-11-15(18)14-22-17(21)13-10-12-16(19)20/h15,18H,2-14H2,1H3,(H,19,20). The maximum absolute atomic E-state index is 11.3. The average molecular weight is 316 g/mol. The molecule has 0 aliphatic heterocycles. The zero-order valence-electron chi connectivity index (χ0n) is 13.9. The first-order valence-electron chi connectivity index (χ1n) is 8.61. The molecular weight excluding hydrogens is 284 g/mol. The second kappa shape index (κ2) is 14.8. The molecule has 0 aliphatic rings. The molecule has 0 amide bonds. The summed E-state index contributed by atoms with van der Waals surface area (Å²) < 4.78 is 4.93. The van der Waals surface area contributed by atoms with Gasteiger partial charge in [-0.25, -0.2) is 0 Å². The van der Waals surface area contributed by atoms with E-state index in [-0.39, 0.29) is 25.9 Å². The number of carboxylic acid groups (broad SMARTS) is 1. The van der Waals surface area contributed by atoms with E-state index in [1.54, 1.807) is 0 Å². The summed E-state index contributed by atoms with van der Waals surface area (Å²) in [6.45, 7) is 2.22. The highest BCUT2D eigenvalue weighted by atomic mass is 16.5. The summed E-state index contributed by atoms with van der Waals surface area (Å²) in [6, 6.07) is 0. The molecule has 0 rings (SSSR count). The molecule has 2 N–H and O–H groups in total. The molecule has 22 heavy (non-hydrogen) atoms. The monoisotopic (exact) mass is 316 g/mol. The molecular formula is C17H32O5. The van der Waals surface area contributed by atoms with Crippen molar-refractivity contribution in [3.05, 3.63) is 0 Å². The fourth-order valence-corrected chi connectivity index (χ4v) is 2.24. The number of aliphatic hydroxyl groups is 1. The predicted octanol–water partition coefficient (Wildman–Crippen LogP) is 3.68. The van der Waals surface area contributed by atoms with E-state index in [0.717, 1.165) is 12.8 Å². The van der Waals surface area contributed by atoms with Gasteiger partial charge in [-0.1, -0.05) is 58.3 Å². The van der Waals surface area contributed by atoms with Crippen LogP contribution in [0.5, 0.6) is 0 Å². The Labute approximate surface area is 134 Å². The fourth-order valence-electron chi connectivity index (χ4n) is 2.24. The van der Waals surface area contributed by atoms with Gasteiger partial charge in [0.1, 0.15) is 6.61 Å². The van der Waals surface area contributed by atoms with Crippen LogP contribution in [0.2, 0.25) is 0 Å². The van der Waals surface area contributed by atoms with Gasteiger partial charge >= 0.3 is 11.9 Å². The number of hydrogen-bond acceptors (Lipinski definition) is 4. The minimum absolute atomic E-state index is 0.0163. The second-order valence-electron chi connectivity index (χ2n) is 5.85. The van der Waals surface area contributed by atoms with Crippen LogP contribution in [0.4, 0.5) is 0 Å². The minimum Gasteiger partial charge on any atom is -0.481 e. The number of carboxylic acids is 1. The molecule has 5 nitrogen and oxygen atoms in total. The van der Waals surface area contributed by atoms with E-state index in [2.05, 4.69) is 6.92 Å². The van der Waals surface area contributed by atoms with Gasteiger partial charge in [-0.3, -0.25) is 9.59 Å². The van der Waals surface area contributed by atoms with Gasteiger partial charge in [0.05, 0.1) is 6.10 Å². The third-order valence-electron chi connectivity index (χ3n) is 3.60. The van der Waals surface area contributed by atoms with Gasteiger partial charge in [-0.05, 0) is 12.8 Å². The summed E-state index contributed by atoms with van der Waals surface area (Å²) in [4.78, 5) is 21.6. The van der Waals surface area contributed by atoms with Crippen molar-refractivity contribution < 1.29 is 24.5 Å². The quantitative estimate of drug-likeness (QED) is 0.356. The summed E-state index contributed by atoms with van der Waals surface area (Å²) in [5.41, 5.74) is 0. The lowest BCUT2D eigenvalue weighted by atomic mass is 10.1. The zero-order chi connectivity index (χ0) is 16.6. The molecule has 1 unspecified atom stereocenters. The summed E-state index contributed by atoms with van der Waals surface area (Å²) in [6.07, 6.45) is 10.1. The molecule has 0 spiro atoms. The third kappa shape index (κ3) is 15.3. The molecule has 0 heterocycles. The van der Waals surface area contributed by atoms with Crippen molar-refractivity contribution in [1.29, 1.82) is 0 Å². The van der Waals surface area contributed by atoms with Crippen LogP contribution in [0.3, 0.4) is 0 Å². The van der Waals surface area contributed by atoms with Crippen molar-refractivity contribution in [2.45, 2.75) is 90.1 Å². The molecule has 0 aromatic rings. The highest BCUT2D eigenvalue weighted by Crippen LogP contribution is 2.11. The molecule has 0 aliphatic carbocycles. The summed E-state index contributed by atoms with van der Waals surface area (Å²) in [5, 5.41) is 18.2. The number of esters is 1. The van der Waals surface area contributed by atoms with Crippen LogP contribution in [0.1, 0.15) is 84.0 Å². The third-order valence-corrected chi connectivity index (χ3v) is 3.60. The number of carbonyl (C=O) groups excluding carboxylic acids is 1. The first kappa shape index (κ1) is 20.9. The van der Waals surface area contributed by atoms with E-state index in [4.69, 9.17) is 9.84 Å². The molecule has 0 fully saturated rings. The van der Waals surface area contributed by atoms with Crippen molar-refractivity contribution in [3.8, 4) is 0 Å². The van der Waals surface area contributed by atoms with E-state index in [9.17, 15) is 14.7 Å². The number of ether oxygens (including phenoxy) is 1. The van der Waals surface area contributed by atoms with Crippen molar-refractivity contribution in [2.24, 2.45) is 0 Å². The van der Waals surface area contributed by atoms with Gasteiger partial charge in [0.2, 0.25) is 0 Å². The molecule has 0 radical (unpaired) electrons. The van der Waals surface area contributed by atoms with E-state index < -0.39 is 18.0 Å². The number of carbonyl (C=O) groups is 2. The van der Waals surface area contributed by atoms with Crippen molar-refractivity contribution in [2.75, 3.05) is 6.61 Å². The van der Waals surface area contributed by atoms with Gasteiger partial charge in [-0.2, -0.15) is 0 Å². The Balaban J connectivity index is 3.36. The van der Waals surface area contributed by atoms with Crippen LogP contribution in [-0.4, -0.2) is 34.9 Å². The SMILES string of the molecule is CCCCCCCCCCC(O)COC(=O)CCCC(=O)O. The molecule has 0 saturated heterocycles. The number of rotatable bonds is 15. The van der Waals surface area contributed by atoms with Crippen LogP contribution in [-0.2, 0) is 14.3 Å². The largest absolute Gasteiger partial charge is 0.481 e. The molecule has 5 heteroatoms. The average Bonchev–Trinajstić information content (AvgIpc) is 2.47. The van der Waals surface area contributed by atoms with Crippen molar-refractivity contribution in [1.82, 2.24) is 0 Å². The Morgan fingerprint density at radius 1 is 0.909 bits per heavy atom. The highest BCUT2D eigenvalue weighted by Gasteiger charge is 2.09. The summed E-state index contributed by atoms with van der Waals surface area (Å²) >= 11 is 0. The van der Waals surface area contributed by atoms with Gasteiger partial charge < -0.3 is 14.9 Å². The molecule has 1 atom stereocenters. The lowest BCUT2D eigenvalue weighted by Crippen LogP contribution is -2.18. The molecule has 0 aromatic heterocycles. The summed E-state index contributed by atoms with van der Waals surface area (Å²) in [5.74, 6) is -1.35. The predicted molar refractivity (Wildman–Crippen MR) is 85.7 cm³/mol. The van der Waals surface area contributed by atoms with Crippen LogP contribution in [0, 0.1) is 0 Å².